The summed E-state index contributed by atoms with van der Waals surface area (Å²) in [5, 5.41) is 0. The van der Waals surface area contributed by atoms with Crippen LogP contribution in [-0.4, -0.2) is 42.0 Å². The average Bonchev–Trinajstić information content (AvgIpc) is 2.26. The van der Waals surface area contributed by atoms with E-state index < -0.39 is 0 Å². The molecular formula is C15H30N2O. The number of hydrogen-bond donors (Lipinski definition) is 0. The second-order valence-corrected chi connectivity index (χ2v) is 6.67. The standard InChI is InChI=1S/C15H30N2O/c1-12(2)9-17(10-13(3)4)15(18)16-8-6-7-14(5)11-16/h12-14H,6-11H2,1-5H3. The zero-order chi connectivity index (χ0) is 13.7. The van der Waals surface area contributed by atoms with Gasteiger partial charge in [0.25, 0.3) is 0 Å². The molecule has 106 valence electrons. The van der Waals surface area contributed by atoms with Gasteiger partial charge in [-0.3, -0.25) is 0 Å². The maximum absolute atomic E-state index is 12.6. The molecule has 1 unspecified atom stereocenters. The number of likely N-dealkylation sites (tertiary alicyclic amines) is 1. The van der Waals surface area contributed by atoms with Gasteiger partial charge in [0.05, 0.1) is 0 Å². The zero-order valence-corrected chi connectivity index (χ0v) is 12.8. The largest absolute Gasteiger partial charge is 0.324 e. The lowest BCUT2D eigenvalue weighted by Gasteiger charge is -2.36. The molecule has 1 atom stereocenters. The van der Waals surface area contributed by atoms with Gasteiger partial charge >= 0.3 is 6.03 Å². The van der Waals surface area contributed by atoms with Gasteiger partial charge in [0.15, 0.2) is 0 Å². The summed E-state index contributed by atoms with van der Waals surface area (Å²) in [6.45, 7) is 14.6. The molecule has 1 rings (SSSR count). The summed E-state index contributed by atoms with van der Waals surface area (Å²) < 4.78 is 0. The third-order valence-corrected chi connectivity index (χ3v) is 3.37. The number of carbonyl (C=O) groups is 1. The van der Waals surface area contributed by atoms with Gasteiger partial charge in [-0.1, -0.05) is 34.6 Å². The van der Waals surface area contributed by atoms with Crippen molar-refractivity contribution in [1.29, 1.82) is 0 Å². The molecule has 0 N–H and O–H groups in total. The van der Waals surface area contributed by atoms with Gasteiger partial charge in [-0.2, -0.15) is 0 Å². The van der Waals surface area contributed by atoms with E-state index >= 15 is 0 Å². The van der Waals surface area contributed by atoms with E-state index in [1.165, 1.54) is 6.42 Å². The summed E-state index contributed by atoms with van der Waals surface area (Å²) in [6.07, 6.45) is 2.42. The van der Waals surface area contributed by atoms with E-state index in [-0.39, 0.29) is 6.03 Å². The normalized spacial score (nSPS) is 20.6. The average molecular weight is 254 g/mol. The van der Waals surface area contributed by atoms with Crippen molar-refractivity contribution in [2.24, 2.45) is 17.8 Å². The van der Waals surface area contributed by atoms with Crippen molar-refractivity contribution in [2.75, 3.05) is 26.2 Å². The van der Waals surface area contributed by atoms with Gasteiger partial charge in [0, 0.05) is 26.2 Å². The summed E-state index contributed by atoms with van der Waals surface area (Å²) >= 11 is 0. The summed E-state index contributed by atoms with van der Waals surface area (Å²) in [7, 11) is 0. The number of nitrogens with zero attached hydrogens (tertiary/aromatic N) is 2. The first-order chi connectivity index (χ1) is 8.40. The van der Waals surface area contributed by atoms with E-state index in [1.54, 1.807) is 0 Å². The van der Waals surface area contributed by atoms with Crippen molar-refractivity contribution in [3.8, 4) is 0 Å². The van der Waals surface area contributed by atoms with Crippen LogP contribution in [0.3, 0.4) is 0 Å². The van der Waals surface area contributed by atoms with Gasteiger partial charge < -0.3 is 9.80 Å². The Morgan fingerprint density at radius 1 is 1.22 bits per heavy atom. The molecule has 0 spiro atoms. The highest BCUT2D eigenvalue weighted by Gasteiger charge is 2.25. The van der Waals surface area contributed by atoms with Gasteiger partial charge in [-0.15, -0.1) is 0 Å². The van der Waals surface area contributed by atoms with E-state index in [4.69, 9.17) is 0 Å². The fourth-order valence-corrected chi connectivity index (χ4v) is 2.68. The van der Waals surface area contributed by atoms with E-state index in [9.17, 15) is 4.79 Å². The van der Waals surface area contributed by atoms with E-state index in [0.29, 0.717) is 17.8 Å². The highest BCUT2D eigenvalue weighted by molar-refractivity contribution is 5.74. The van der Waals surface area contributed by atoms with Crippen LogP contribution in [0.1, 0.15) is 47.5 Å². The smallest absolute Gasteiger partial charge is 0.320 e. The van der Waals surface area contributed by atoms with Crippen LogP contribution in [0.25, 0.3) is 0 Å². The number of piperidine rings is 1. The van der Waals surface area contributed by atoms with Crippen LogP contribution in [0.15, 0.2) is 0 Å². The molecular weight excluding hydrogens is 224 g/mol. The SMILES string of the molecule is CC(C)CN(CC(C)C)C(=O)N1CCCC(C)C1. The predicted molar refractivity (Wildman–Crippen MR) is 76.6 cm³/mol. The van der Waals surface area contributed by atoms with Crippen LogP contribution in [0.4, 0.5) is 4.79 Å². The molecule has 2 amide bonds. The molecule has 0 aromatic heterocycles. The Morgan fingerprint density at radius 2 is 1.78 bits per heavy atom. The Labute approximate surface area is 113 Å². The molecule has 0 aromatic rings. The molecule has 1 aliphatic rings. The van der Waals surface area contributed by atoms with Crippen LogP contribution in [0.5, 0.6) is 0 Å². The Kier molecular flexibility index (Phi) is 5.97. The van der Waals surface area contributed by atoms with Gasteiger partial charge in [-0.25, -0.2) is 4.79 Å². The van der Waals surface area contributed by atoms with Crippen LogP contribution >= 0.6 is 0 Å². The number of urea groups is 1. The minimum atomic E-state index is 0.254. The van der Waals surface area contributed by atoms with Gasteiger partial charge in [0.1, 0.15) is 0 Å². The molecule has 3 heteroatoms. The Bertz CT molecular complexity index is 253. The van der Waals surface area contributed by atoms with Crippen LogP contribution in [-0.2, 0) is 0 Å². The van der Waals surface area contributed by atoms with Crippen LogP contribution in [0, 0.1) is 17.8 Å². The highest BCUT2D eigenvalue weighted by atomic mass is 16.2. The predicted octanol–water partition coefficient (Wildman–Crippen LogP) is 3.45. The highest BCUT2D eigenvalue weighted by Crippen LogP contribution is 2.18. The van der Waals surface area contributed by atoms with Gasteiger partial charge in [-0.05, 0) is 30.6 Å². The summed E-state index contributed by atoms with van der Waals surface area (Å²) in [4.78, 5) is 16.7. The molecule has 1 saturated heterocycles. The molecule has 1 fully saturated rings. The number of rotatable bonds is 4. The first-order valence-corrected chi connectivity index (χ1v) is 7.44. The third kappa shape index (κ3) is 4.87. The lowest BCUT2D eigenvalue weighted by molar-refractivity contribution is 0.122. The number of amides is 2. The molecule has 0 radical (unpaired) electrons. The molecule has 0 saturated carbocycles. The Hall–Kier alpha value is -0.730. The number of hydrogen-bond acceptors (Lipinski definition) is 1. The molecule has 0 bridgehead atoms. The van der Waals surface area contributed by atoms with E-state index in [0.717, 1.165) is 32.6 Å². The van der Waals surface area contributed by atoms with Crippen molar-refractivity contribution in [2.45, 2.75) is 47.5 Å². The van der Waals surface area contributed by atoms with Crippen molar-refractivity contribution in [3.63, 3.8) is 0 Å². The van der Waals surface area contributed by atoms with Crippen molar-refractivity contribution < 1.29 is 4.79 Å². The maximum Gasteiger partial charge on any atom is 0.320 e. The Balaban J connectivity index is 2.62. The molecule has 1 heterocycles. The number of carbonyl (C=O) groups excluding carboxylic acids is 1. The summed E-state index contributed by atoms with van der Waals surface area (Å²) in [5.74, 6) is 1.73. The molecule has 0 aliphatic carbocycles. The first kappa shape index (κ1) is 15.3. The molecule has 3 nitrogen and oxygen atoms in total. The van der Waals surface area contributed by atoms with E-state index in [1.807, 2.05) is 4.90 Å². The second kappa shape index (κ2) is 7.01. The monoisotopic (exact) mass is 254 g/mol. The third-order valence-electron chi connectivity index (χ3n) is 3.37. The minimum absolute atomic E-state index is 0.254. The summed E-state index contributed by atoms with van der Waals surface area (Å²) in [5.41, 5.74) is 0. The first-order valence-electron chi connectivity index (χ1n) is 7.44. The maximum atomic E-state index is 12.6. The Morgan fingerprint density at radius 3 is 2.22 bits per heavy atom. The molecule has 18 heavy (non-hydrogen) atoms. The fraction of sp³-hybridized carbons (Fsp3) is 0.933. The van der Waals surface area contributed by atoms with Crippen molar-refractivity contribution in [1.82, 2.24) is 9.80 Å². The lowest BCUT2D eigenvalue weighted by Crippen LogP contribution is -2.49. The minimum Gasteiger partial charge on any atom is -0.324 e. The van der Waals surface area contributed by atoms with E-state index in [2.05, 4.69) is 39.5 Å². The van der Waals surface area contributed by atoms with Crippen LogP contribution in [0.2, 0.25) is 0 Å². The van der Waals surface area contributed by atoms with Crippen molar-refractivity contribution >= 4 is 6.03 Å². The zero-order valence-electron chi connectivity index (χ0n) is 12.8. The lowest BCUT2D eigenvalue weighted by atomic mass is 10.0. The quantitative estimate of drug-likeness (QED) is 0.753. The topological polar surface area (TPSA) is 23.6 Å². The van der Waals surface area contributed by atoms with Gasteiger partial charge in [0.2, 0.25) is 0 Å². The molecule has 1 aliphatic heterocycles. The fourth-order valence-electron chi connectivity index (χ4n) is 2.68. The second-order valence-electron chi connectivity index (χ2n) is 6.67. The van der Waals surface area contributed by atoms with Crippen LogP contribution < -0.4 is 0 Å². The summed E-state index contributed by atoms with van der Waals surface area (Å²) in [6, 6.07) is 0.254. The molecule has 0 aromatic carbocycles. The van der Waals surface area contributed by atoms with Crippen molar-refractivity contribution in [3.05, 3.63) is 0 Å².